The van der Waals surface area contributed by atoms with E-state index in [0.717, 1.165) is 0 Å². The second-order valence-corrected chi connectivity index (χ2v) is 5.92. The van der Waals surface area contributed by atoms with Crippen molar-refractivity contribution in [3.05, 3.63) is 28.5 Å². The largest absolute Gasteiger partial charge is 0.444 e. The summed E-state index contributed by atoms with van der Waals surface area (Å²) in [5.74, 6) is -0.182. The minimum atomic E-state index is -0.508. The van der Waals surface area contributed by atoms with Gasteiger partial charge in [0.05, 0.1) is 5.56 Å². The molecule has 116 valence electrons. The number of H-pyrrole nitrogens is 1. The molecule has 21 heavy (non-hydrogen) atoms. The lowest BCUT2D eigenvalue weighted by molar-refractivity contribution is 0.0527. The van der Waals surface area contributed by atoms with Gasteiger partial charge in [0.2, 0.25) is 0 Å². The molecule has 0 bridgehead atoms. The maximum atomic E-state index is 11.8. The van der Waals surface area contributed by atoms with Crippen LogP contribution in [0.3, 0.4) is 0 Å². The molecule has 0 saturated heterocycles. The van der Waals surface area contributed by atoms with Crippen LogP contribution < -0.4 is 10.6 Å². The van der Waals surface area contributed by atoms with Gasteiger partial charge in [-0.15, -0.1) is 0 Å². The summed E-state index contributed by atoms with van der Waals surface area (Å²) in [6, 6.07) is 3.32. The number of rotatable bonds is 5. The van der Waals surface area contributed by atoms with E-state index in [1.165, 1.54) is 0 Å². The Kier molecular flexibility index (Phi) is 6.36. The molecule has 1 rings (SSSR count). The fraction of sp³-hybridized carbons (Fsp3) is 0.500. The van der Waals surface area contributed by atoms with Crippen molar-refractivity contribution >= 4 is 24.2 Å². The van der Waals surface area contributed by atoms with E-state index in [0.29, 0.717) is 29.7 Å². The number of aromatic nitrogens is 1. The van der Waals surface area contributed by atoms with Crippen LogP contribution in [0.1, 0.15) is 37.6 Å². The first kappa shape index (κ1) is 17.2. The van der Waals surface area contributed by atoms with Crippen molar-refractivity contribution < 1.29 is 14.3 Å². The molecule has 0 saturated carbocycles. The highest BCUT2D eigenvalue weighted by atomic mass is 32.1. The van der Waals surface area contributed by atoms with Gasteiger partial charge in [0, 0.05) is 19.3 Å². The number of aromatic amines is 1. The summed E-state index contributed by atoms with van der Waals surface area (Å²) < 4.78 is 5.67. The lowest BCUT2D eigenvalue weighted by Gasteiger charge is -2.19. The van der Waals surface area contributed by atoms with Crippen LogP contribution in [-0.4, -0.2) is 35.7 Å². The maximum absolute atomic E-state index is 11.8. The fourth-order valence-electron chi connectivity index (χ4n) is 1.45. The predicted molar refractivity (Wildman–Crippen MR) is 82.8 cm³/mol. The van der Waals surface area contributed by atoms with Crippen LogP contribution in [0, 0.1) is 4.64 Å². The number of alkyl carbamates (subject to hydrolysis) is 1. The highest BCUT2D eigenvalue weighted by Gasteiger charge is 2.15. The van der Waals surface area contributed by atoms with E-state index in [4.69, 9.17) is 17.0 Å². The average Bonchev–Trinajstić information content (AvgIpc) is 2.36. The van der Waals surface area contributed by atoms with Crippen molar-refractivity contribution in [2.75, 3.05) is 13.1 Å². The normalized spacial score (nSPS) is 10.8. The molecule has 0 atom stereocenters. The minimum Gasteiger partial charge on any atom is -0.444 e. The second kappa shape index (κ2) is 7.78. The lowest BCUT2D eigenvalue weighted by atomic mass is 10.2. The fourth-order valence-corrected chi connectivity index (χ4v) is 1.58. The number of hydrogen-bond donors (Lipinski definition) is 3. The summed E-state index contributed by atoms with van der Waals surface area (Å²) in [7, 11) is 0. The van der Waals surface area contributed by atoms with Crippen molar-refractivity contribution in [3.8, 4) is 0 Å². The van der Waals surface area contributed by atoms with Crippen LogP contribution in [0.4, 0.5) is 4.79 Å². The molecule has 0 aliphatic carbocycles. The van der Waals surface area contributed by atoms with Crippen molar-refractivity contribution in [2.24, 2.45) is 0 Å². The quantitative estimate of drug-likeness (QED) is 0.576. The Morgan fingerprint density at radius 2 is 1.90 bits per heavy atom. The van der Waals surface area contributed by atoms with Crippen molar-refractivity contribution in [2.45, 2.75) is 32.8 Å². The molecule has 0 aliphatic heterocycles. The van der Waals surface area contributed by atoms with Gasteiger partial charge in [-0.25, -0.2) is 4.79 Å². The zero-order valence-electron chi connectivity index (χ0n) is 12.5. The molecule has 1 aromatic rings. The summed E-state index contributed by atoms with van der Waals surface area (Å²) in [6.45, 7) is 6.31. The molecule has 0 aliphatic rings. The highest BCUT2D eigenvalue weighted by molar-refractivity contribution is 7.71. The van der Waals surface area contributed by atoms with Gasteiger partial charge in [-0.3, -0.25) is 4.79 Å². The first-order valence-electron chi connectivity index (χ1n) is 6.72. The number of nitrogens with one attached hydrogen (secondary N) is 3. The lowest BCUT2D eigenvalue weighted by Crippen LogP contribution is -2.34. The van der Waals surface area contributed by atoms with Gasteiger partial charge in [0.1, 0.15) is 10.2 Å². The molecule has 7 heteroatoms. The average molecular weight is 311 g/mol. The van der Waals surface area contributed by atoms with Gasteiger partial charge in [0.15, 0.2) is 0 Å². The molecule has 6 nitrogen and oxygen atoms in total. The topological polar surface area (TPSA) is 83.2 Å². The predicted octanol–water partition coefficient (Wildman–Crippen LogP) is 2.39. The first-order chi connectivity index (χ1) is 9.78. The number of amides is 2. The number of ether oxygens (including phenoxy) is 1. The molecule has 1 aromatic heterocycles. The van der Waals surface area contributed by atoms with Crippen LogP contribution in [0.2, 0.25) is 0 Å². The number of carbonyl (C=O) groups is 2. The Morgan fingerprint density at radius 1 is 1.24 bits per heavy atom. The van der Waals surface area contributed by atoms with Crippen LogP contribution in [0.15, 0.2) is 18.3 Å². The Morgan fingerprint density at radius 3 is 2.48 bits per heavy atom. The third kappa shape index (κ3) is 7.45. The van der Waals surface area contributed by atoms with Crippen molar-refractivity contribution in [1.29, 1.82) is 0 Å². The summed E-state index contributed by atoms with van der Waals surface area (Å²) >= 11 is 4.90. The van der Waals surface area contributed by atoms with Gasteiger partial charge in [-0.2, -0.15) is 0 Å². The van der Waals surface area contributed by atoms with Gasteiger partial charge in [-0.05, 0) is 39.3 Å². The van der Waals surface area contributed by atoms with E-state index in [2.05, 4.69) is 15.6 Å². The molecular formula is C14H21N3O3S. The summed E-state index contributed by atoms with van der Waals surface area (Å²) in [5.41, 5.74) is 0.00905. The van der Waals surface area contributed by atoms with Gasteiger partial charge in [-0.1, -0.05) is 12.2 Å². The second-order valence-electron chi connectivity index (χ2n) is 5.48. The van der Waals surface area contributed by atoms with Crippen LogP contribution in [0.25, 0.3) is 0 Å². The van der Waals surface area contributed by atoms with E-state index < -0.39 is 11.7 Å². The standard InChI is InChI=1S/C14H21N3O3S/c1-14(2,3)20-13(19)16-8-4-7-15-12(18)10-5-6-11(21)17-9-10/h5-6,9H,4,7-8H2,1-3H3,(H,15,18)(H,16,19)(H,17,21). The summed E-state index contributed by atoms with van der Waals surface area (Å²) in [5, 5.41) is 5.38. The van der Waals surface area contributed by atoms with Crippen molar-refractivity contribution in [3.63, 3.8) is 0 Å². The number of hydrogen-bond acceptors (Lipinski definition) is 4. The molecule has 1 heterocycles. The molecular weight excluding hydrogens is 290 g/mol. The van der Waals surface area contributed by atoms with E-state index in [1.54, 1.807) is 39.1 Å². The van der Waals surface area contributed by atoms with Gasteiger partial charge in [0.25, 0.3) is 5.91 Å². The van der Waals surface area contributed by atoms with E-state index in [-0.39, 0.29) is 5.91 Å². The molecule has 0 radical (unpaired) electrons. The molecule has 2 amide bonds. The van der Waals surface area contributed by atoms with E-state index in [1.807, 2.05) is 0 Å². The smallest absolute Gasteiger partial charge is 0.407 e. The highest BCUT2D eigenvalue weighted by Crippen LogP contribution is 2.06. The minimum absolute atomic E-state index is 0.182. The monoisotopic (exact) mass is 311 g/mol. The number of pyridine rings is 1. The Bertz CT molecular complexity index is 529. The first-order valence-corrected chi connectivity index (χ1v) is 7.12. The summed E-state index contributed by atoms with van der Waals surface area (Å²) in [6.07, 6.45) is 1.73. The molecule has 0 fully saturated rings. The van der Waals surface area contributed by atoms with Crippen LogP contribution in [-0.2, 0) is 4.74 Å². The SMILES string of the molecule is CC(C)(C)OC(=O)NCCCNC(=O)c1ccc(=S)[nH]c1. The Hall–Kier alpha value is -1.89. The van der Waals surface area contributed by atoms with Gasteiger partial charge >= 0.3 is 6.09 Å². The zero-order valence-corrected chi connectivity index (χ0v) is 13.3. The Balaban J connectivity index is 2.19. The Labute approximate surface area is 129 Å². The van der Waals surface area contributed by atoms with Crippen molar-refractivity contribution in [1.82, 2.24) is 15.6 Å². The third-order valence-electron chi connectivity index (χ3n) is 2.35. The van der Waals surface area contributed by atoms with E-state index >= 15 is 0 Å². The van der Waals surface area contributed by atoms with Crippen LogP contribution >= 0.6 is 12.2 Å². The number of carbonyl (C=O) groups excluding carboxylic acids is 2. The molecule has 3 N–H and O–H groups in total. The summed E-state index contributed by atoms with van der Waals surface area (Å²) in [4.78, 5) is 25.9. The third-order valence-corrected chi connectivity index (χ3v) is 2.61. The molecule has 0 aromatic carbocycles. The molecule has 0 spiro atoms. The molecule has 0 unspecified atom stereocenters. The zero-order chi connectivity index (χ0) is 15.9. The van der Waals surface area contributed by atoms with Crippen LogP contribution in [0.5, 0.6) is 0 Å². The van der Waals surface area contributed by atoms with E-state index in [9.17, 15) is 9.59 Å². The maximum Gasteiger partial charge on any atom is 0.407 e. The van der Waals surface area contributed by atoms with Gasteiger partial charge < -0.3 is 20.4 Å².